The van der Waals surface area contributed by atoms with Crippen LogP contribution in [0.4, 0.5) is 0 Å². The zero-order valence-corrected chi connectivity index (χ0v) is 11.0. The molecule has 4 rings (SSSR count). The van der Waals surface area contributed by atoms with E-state index in [9.17, 15) is 10.2 Å². The Morgan fingerprint density at radius 1 is 1.50 bits per heavy atom. The van der Waals surface area contributed by atoms with Crippen LogP contribution in [0.1, 0.15) is 26.7 Å². The number of aliphatic imine (C=N–C) groups is 1. The van der Waals surface area contributed by atoms with Crippen molar-refractivity contribution in [3.8, 4) is 0 Å². The molecule has 0 aromatic carbocycles. The third kappa shape index (κ3) is 0.958. The minimum atomic E-state index is -0.743. The molecule has 4 unspecified atom stereocenters. The van der Waals surface area contributed by atoms with Gasteiger partial charge in [-0.2, -0.15) is 0 Å². The number of hydrogen-bond acceptors (Lipinski definition) is 3. The predicted octanol–water partition coefficient (Wildman–Crippen LogP) is 1.40. The lowest BCUT2D eigenvalue weighted by Gasteiger charge is -2.51. The van der Waals surface area contributed by atoms with Crippen molar-refractivity contribution in [2.24, 2.45) is 34.1 Å². The quantitative estimate of drug-likeness (QED) is 0.741. The summed E-state index contributed by atoms with van der Waals surface area (Å²) in [5.74, 6) is 3.08. The first kappa shape index (κ1) is 11.2. The topological polar surface area (TPSA) is 52.8 Å². The number of fused-ring (bicyclic) bond motifs is 2. The Bertz CT molecular complexity index is 469. The van der Waals surface area contributed by atoms with Crippen LogP contribution in [-0.4, -0.2) is 33.7 Å². The monoisotopic (exact) mass is 247 g/mol. The van der Waals surface area contributed by atoms with Gasteiger partial charge >= 0.3 is 0 Å². The fourth-order valence-electron chi connectivity index (χ4n) is 5.24. The second kappa shape index (κ2) is 2.91. The molecule has 4 fully saturated rings. The first-order chi connectivity index (χ1) is 8.45. The highest BCUT2D eigenvalue weighted by atomic mass is 16.3. The summed E-state index contributed by atoms with van der Waals surface area (Å²) in [6.07, 6.45) is 3.03. The Balaban J connectivity index is 1.61. The number of aliphatic hydroxyl groups is 2. The van der Waals surface area contributed by atoms with E-state index in [1.54, 1.807) is 0 Å². The second-order valence-corrected chi connectivity index (χ2v) is 6.92. The average Bonchev–Trinajstić information content (AvgIpc) is 3.10. The summed E-state index contributed by atoms with van der Waals surface area (Å²) in [7, 11) is 0. The molecule has 0 amide bonds. The Labute approximate surface area is 108 Å². The van der Waals surface area contributed by atoms with Crippen LogP contribution in [0.15, 0.2) is 17.6 Å². The van der Waals surface area contributed by atoms with E-state index in [1.165, 1.54) is 12.5 Å². The van der Waals surface area contributed by atoms with E-state index in [-0.39, 0.29) is 6.04 Å². The maximum absolute atomic E-state index is 10.8. The van der Waals surface area contributed by atoms with Crippen LogP contribution in [0.5, 0.6) is 0 Å². The summed E-state index contributed by atoms with van der Waals surface area (Å²) in [5.41, 5.74) is 0.720. The first-order valence-corrected chi connectivity index (χ1v) is 7.05. The minimum absolute atomic E-state index is 0.205. The summed E-state index contributed by atoms with van der Waals surface area (Å²) in [6.45, 7) is 7.41. The normalized spacial score (nSPS) is 60.1. The summed E-state index contributed by atoms with van der Waals surface area (Å²) in [5, 5.41) is 20.5. The first-order valence-electron chi connectivity index (χ1n) is 7.05. The van der Waals surface area contributed by atoms with Gasteiger partial charge in [0.1, 0.15) is 5.60 Å². The van der Waals surface area contributed by atoms with Gasteiger partial charge in [0, 0.05) is 5.71 Å². The molecule has 0 aromatic heterocycles. The van der Waals surface area contributed by atoms with E-state index >= 15 is 0 Å². The van der Waals surface area contributed by atoms with E-state index in [0.29, 0.717) is 11.3 Å². The van der Waals surface area contributed by atoms with Gasteiger partial charge in [-0.3, -0.25) is 4.99 Å². The minimum Gasteiger partial charge on any atom is -0.387 e. The highest BCUT2D eigenvalue weighted by molar-refractivity contribution is 5.96. The van der Waals surface area contributed by atoms with Crippen molar-refractivity contribution in [3.05, 3.63) is 12.7 Å². The Kier molecular flexibility index (Phi) is 1.81. The zero-order chi connectivity index (χ0) is 12.9. The molecule has 98 valence electrons. The van der Waals surface area contributed by atoms with Crippen molar-refractivity contribution in [2.45, 2.75) is 44.4 Å². The predicted molar refractivity (Wildman–Crippen MR) is 69.4 cm³/mol. The molecule has 3 nitrogen and oxygen atoms in total. The zero-order valence-electron chi connectivity index (χ0n) is 11.0. The number of rotatable bonds is 3. The third-order valence-corrected chi connectivity index (χ3v) is 6.38. The molecular formula is C15H21NO2. The second-order valence-electron chi connectivity index (χ2n) is 6.92. The molecule has 0 saturated heterocycles. The lowest BCUT2D eigenvalue weighted by atomic mass is 9.57. The van der Waals surface area contributed by atoms with E-state index < -0.39 is 11.7 Å². The van der Waals surface area contributed by atoms with Gasteiger partial charge in [-0.15, -0.1) is 6.58 Å². The summed E-state index contributed by atoms with van der Waals surface area (Å²) >= 11 is 0. The smallest absolute Gasteiger partial charge is 0.103 e. The van der Waals surface area contributed by atoms with Gasteiger partial charge in [0.05, 0.1) is 12.1 Å². The fraction of sp³-hybridized carbons (Fsp3) is 0.800. The largest absolute Gasteiger partial charge is 0.387 e. The molecule has 4 aliphatic carbocycles. The van der Waals surface area contributed by atoms with E-state index in [4.69, 9.17) is 0 Å². The van der Waals surface area contributed by atoms with Crippen LogP contribution in [0.3, 0.4) is 0 Å². The lowest BCUT2D eigenvalue weighted by Crippen LogP contribution is -2.56. The van der Waals surface area contributed by atoms with Gasteiger partial charge in [-0.05, 0) is 55.8 Å². The molecule has 0 aliphatic heterocycles. The highest BCUT2D eigenvalue weighted by Gasteiger charge is 2.96. The van der Waals surface area contributed by atoms with Crippen molar-refractivity contribution < 1.29 is 10.2 Å². The summed E-state index contributed by atoms with van der Waals surface area (Å²) in [6, 6.07) is -0.205. The third-order valence-electron chi connectivity index (χ3n) is 6.38. The maximum Gasteiger partial charge on any atom is 0.103 e. The summed E-state index contributed by atoms with van der Waals surface area (Å²) < 4.78 is 0. The molecule has 8 atom stereocenters. The SMILES string of the molecule is C=C[C@@H](O)[C@H](C)N=C1CC2C3C4CC([C@]243)[C@@]1(C)O. The Morgan fingerprint density at radius 3 is 2.83 bits per heavy atom. The van der Waals surface area contributed by atoms with Crippen LogP contribution >= 0.6 is 0 Å². The molecule has 0 bridgehead atoms. The lowest BCUT2D eigenvalue weighted by molar-refractivity contribution is -0.0474. The van der Waals surface area contributed by atoms with Crippen LogP contribution in [0, 0.1) is 29.1 Å². The molecule has 4 saturated carbocycles. The molecule has 3 heteroatoms. The molecule has 0 heterocycles. The van der Waals surface area contributed by atoms with Gasteiger partial charge in [-0.25, -0.2) is 0 Å². The maximum atomic E-state index is 10.8. The van der Waals surface area contributed by atoms with Crippen molar-refractivity contribution in [1.82, 2.24) is 0 Å². The van der Waals surface area contributed by atoms with Crippen molar-refractivity contribution in [3.63, 3.8) is 0 Å². The Hall–Kier alpha value is -0.670. The molecule has 2 N–H and O–H groups in total. The van der Waals surface area contributed by atoms with Crippen molar-refractivity contribution >= 4 is 5.71 Å². The van der Waals surface area contributed by atoms with Gasteiger partial charge in [0.2, 0.25) is 0 Å². The van der Waals surface area contributed by atoms with Crippen molar-refractivity contribution in [2.75, 3.05) is 0 Å². The van der Waals surface area contributed by atoms with Crippen molar-refractivity contribution in [1.29, 1.82) is 0 Å². The van der Waals surface area contributed by atoms with Crippen LogP contribution < -0.4 is 0 Å². The van der Waals surface area contributed by atoms with Gasteiger partial charge in [0.15, 0.2) is 0 Å². The Morgan fingerprint density at radius 2 is 2.22 bits per heavy atom. The average molecular weight is 247 g/mol. The van der Waals surface area contributed by atoms with Crippen LogP contribution in [-0.2, 0) is 0 Å². The standard InChI is InChI=1S/C15H21NO2/c1-4-10(17)7(2)16-12-6-9-13-8-5-11(14(12,3)18)15(8,9)13/h4,7-11,13,17-18H,1,5-6H2,2-3H3/t7-,8?,9?,10+,11?,13?,14+,15+/m0/s1. The highest BCUT2D eigenvalue weighted by Crippen LogP contribution is 2.98. The van der Waals surface area contributed by atoms with E-state index in [0.717, 1.165) is 29.9 Å². The molecule has 1 spiro atoms. The molecule has 0 aromatic rings. The summed E-state index contributed by atoms with van der Waals surface area (Å²) in [4.78, 5) is 4.61. The van der Waals surface area contributed by atoms with Crippen LogP contribution in [0.2, 0.25) is 0 Å². The van der Waals surface area contributed by atoms with E-state index in [2.05, 4.69) is 11.6 Å². The van der Waals surface area contributed by atoms with Crippen LogP contribution in [0.25, 0.3) is 0 Å². The van der Waals surface area contributed by atoms with E-state index in [1.807, 2.05) is 13.8 Å². The molecule has 0 radical (unpaired) electrons. The van der Waals surface area contributed by atoms with Gasteiger partial charge < -0.3 is 10.2 Å². The molecular weight excluding hydrogens is 226 g/mol. The number of nitrogens with zero attached hydrogens (tertiary/aromatic N) is 1. The number of aliphatic hydroxyl groups excluding tert-OH is 1. The molecule has 4 aliphatic rings. The molecule has 18 heavy (non-hydrogen) atoms. The fourth-order valence-corrected chi connectivity index (χ4v) is 5.24. The number of hydrogen-bond donors (Lipinski definition) is 2. The van der Waals surface area contributed by atoms with Gasteiger partial charge in [-0.1, -0.05) is 6.08 Å². The van der Waals surface area contributed by atoms with Gasteiger partial charge in [0.25, 0.3) is 0 Å².